The molecular weight excluding hydrogens is 544 g/mol. The van der Waals surface area contributed by atoms with E-state index in [-0.39, 0.29) is 13.2 Å². The van der Waals surface area contributed by atoms with Crippen molar-refractivity contribution in [2.45, 2.75) is 33.6 Å². The monoisotopic (exact) mass is 564 g/mol. The number of hydrogen-bond acceptors (Lipinski definition) is 4. The van der Waals surface area contributed by atoms with Crippen LogP contribution in [-0.4, -0.2) is 19.2 Å². The summed E-state index contributed by atoms with van der Waals surface area (Å²) >= 11 is 10.7. The predicted molar refractivity (Wildman–Crippen MR) is 119 cm³/mol. The fraction of sp³-hybridized carbons (Fsp3) is 0.350. The number of hydrogen-bond donors (Lipinski definition) is 0. The van der Waals surface area contributed by atoms with Gasteiger partial charge < -0.3 is 14.2 Å². The second-order valence-corrected chi connectivity index (χ2v) is 8.34. The highest BCUT2D eigenvalue weighted by molar-refractivity contribution is 9.13. The topological polar surface area (TPSA) is 44.8 Å². The lowest BCUT2D eigenvalue weighted by atomic mass is 10.1. The molecule has 0 aliphatic rings. The number of benzene rings is 1. The van der Waals surface area contributed by atoms with Crippen LogP contribution in [0.25, 0.3) is 0 Å². The third-order valence-corrected chi connectivity index (χ3v) is 6.95. The highest BCUT2D eigenvalue weighted by Crippen LogP contribution is 2.44. The summed E-state index contributed by atoms with van der Waals surface area (Å²) in [4.78, 5) is 11.3. The van der Waals surface area contributed by atoms with E-state index in [1.807, 2.05) is 13.8 Å². The average Bonchev–Trinajstić information content (AvgIpc) is 2.63. The van der Waals surface area contributed by atoms with E-state index in [4.69, 9.17) is 14.2 Å². The molecule has 1 aromatic rings. The Balaban J connectivity index is 2.49. The summed E-state index contributed by atoms with van der Waals surface area (Å²) in [5, 5.41) is 0. The lowest BCUT2D eigenvalue weighted by Crippen LogP contribution is -2.10. The van der Waals surface area contributed by atoms with Crippen LogP contribution in [0.5, 0.6) is 5.75 Å². The Bertz CT molecular complexity index is 740. The van der Waals surface area contributed by atoms with Gasteiger partial charge in [0.1, 0.15) is 13.2 Å². The van der Waals surface area contributed by atoms with E-state index in [1.54, 1.807) is 6.92 Å². The summed E-state index contributed by atoms with van der Waals surface area (Å²) in [5.41, 5.74) is 2.57. The fourth-order valence-electron chi connectivity index (χ4n) is 1.94. The molecule has 148 valence electrons. The van der Waals surface area contributed by atoms with Crippen molar-refractivity contribution in [2.24, 2.45) is 0 Å². The van der Waals surface area contributed by atoms with E-state index in [2.05, 4.69) is 67.5 Å². The number of carbonyl (C=O) groups excluding carboxylic acids is 1. The van der Waals surface area contributed by atoms with E-state index in [0.29, 0.717) is 35.7 Å². The summed E-state index contributed by atoms with van der Waals surface area (Å²) in [7, 11) is 0. The Morgan fingerprint density at radius 1 is 0.852 bits per heavy atom. The number of esters is 1. The van der Waals surface area contributed by atoms with Crippen LogP contribution >= 0.6 is 47.8 Å². The van der Waals surface area contributed by atoms with Gasteiger partial charge >= 0.3 is 5.97 Å². The van der Waals surface area contributed by atoms with Crippen LogP contribution < -0.4 is 4.74 Å². The number of ether oxygens (including phenoxy) is 3. The van der Waals surface area contributed by atoms with Gasteiger partial charge in [0.25, 0.3) is 0 Å². The first-order valence-electron chi connectivity index (χ1n) is 8.18. The molecule has 0 heterocycles. The van der Waals surface area contributed by atoms with Gasteiger partial charge in [0.05, 0.1) is 20.5 Å². The third kappa shape index (κ3) is 7.12. The van der Waals surface area contributed by atoms with Crippen molar-refractivity contribution in [3.8, 4) is 5.75 Å². The van der Waals surface area contributed by atoms with Crippen LogP contribution in [0.3, 0.4) is 0 Å². The molecular formula is C20H23Br3O4. The first-order chi connectivity index (χ1) is 12.6. The number of rotatable bonds is 10. The van der Waals surface area contributed by atoms with Crippen molar-refractivity contribution in [2.75, 3.05) is 13.2 Å². The van der Waals surface area contributed by atoms with Gasteiger partial charge in [0.15, 0.2) is 5.75 Å². The summed E-state index contributed by atoms with van der Waals surface area (Å²) in [5.74, 6) is 1.41. The molecule has 0 fully saturated rings. The van der Waals surface area contributed by atoms with Crippen molar-refractivity contribution in [1.29, 1.82) is 0 Å². The fourth-order valence-corrected chi connectivity index (χ4v) is 3.84. The minimum Gasteiger partial charge on any atom is -0.495 e. The smallest absolute Gasteiger partial charge is 0.333 e. The van der Waals surface area contributed by atoms with Gasteiger partial charge in [-0.15, -0.1) is 0 Å². The molecule has 1 aromatic carbocycles. The van der Waals surface area contributed by atoms with Gasteiger partial charge in [-0.25, -0.2) is 4.79 Å². The molecule has 0 saturated heterocycles. The normalized spacial score (nSPS) is 10.3. The van der Waals surface area contributed by atoms with E-state index in [0.717, 1.165) is 24.5 Å². The summed E-state index contributed by atoms with van der Waals surface area (Å²) < 4.78 is 19.0. The van der Waals surface area contributed by atoms with Gasteiger partial charge in [-0.05, 0) is 79.7 Å². The zero-order chi connectivity index (χ0) is 20.7. The minimum absolute atomic E-state index is 0.152. The zero-order valence-corrected chi connectivity index (χ0v) is 20.5. The molecule has 0 radical (unpaired) electrons. The second kappa shape index (κ2) is 11.1. The van der Waals surface area contributed by atoms with Crippen LogP contribution in [0, 0.1) is 13.8 Å². The molecule has 1 rings (SSSR count). The van der Waals surface area contributed by atoms with E-state index < -0.39 is 5.97 Å². The van der Waals surface area contributed by atoms with E-state index in [9.17, 15) is 4.79 Å². The van der Waals surface area contributed by atoms with E-state index >= 15 is 0 Å². The Labute approximate surface area is 186 Å². The largest absolute Gasteiger partial charge is 0.495 e. The second-order valence-electron chi connectivity index (χ2n) is 5.97. The molecule has 0 aromatic heterocycles. The zero-order valence-electron chi connectivity index (χ0n) is 15.7. The van der Waals surface area contributed by atoms with Gasteiger partial charge in [0.2, 0.25) is 0 Å². The summed E-state index contributed by atoms with van der Waals surface area (Å²) in [6.45, 7) is 17.4. The van der Waals surface area contributed by atoms with Crippen LogP contribution in [0.15, 0.2) is 50.2 Å². The standard InChI is InChI=1S/C20H23Br3O4/c1-11(2)20(24)26-10-9-25-12(3)7-8-13(4)27-19-17(22)15(6)14(5)16(21)18(19)23/h1,3-4,7-10H2,2,5-6H3. The maximum absolute atomic E-state index is 11.3. The Morgan fingerprint density at radius 3 is 1.96 bits per heavy atom. The number of halogens is 3. The molecule has 0 unspecified atom stereocenters. The maximum atomic E-state index is 11.3. The molecule has 0 N–H and O–H groups in total. The molecule has 0 spiro atoms. The first kappa shape index (κ1) is 24.0. The SMILES string of the molecule is C=C(CCC(=C)Oc1c(Br)c(C)c(C)c(Br)c1Br)OCCOC(=O)C(=C)C. The quantitative estimate of drug-likeness (QED) is 0.101. The molecule has 27 heavy (non-hydrogen) atoms. The molecule has 7 heteroatoms. The summed E-state index contributed by atoms with van der Waals surface area (Å²) in [6, 6.07) is 0. The lowest BCUT2D eigenvalue weighted by molar-refractivity contribution is -0.140. The van der Waals surface area contributed by atoms with Crippen molar-refractivity contribution in [1.82, 2.24) is 0 Å². The van der Waals surface area contributed by atoms with Crippen LogP contribution in [0.4, 0.5) is 0 Å². The Kier molecular flexibility index (Phi) is 9.84. The Morgan fingerprint density at radius 2 is 1.37 bits per heavy atom. The minimum atomic E-state index is -0.429. The molecule has 4 nitrogen and oxygen atoms in total. The third-order valence-electron chi connectivity index (χ3n) is 3.71. The average molecular weight is 567 g/mol. The van der Waals surface area contributed by atoms with Crippen molar-refractivity contribution in [3.05, 3.63) is 61.4 Å². The molecule has 0 aliphatic heterocycles. The summed E-state index contributed by atoms with van der Waals surface area (Å²) in [6.07, 6.45) is 1.10. The van der Waals surface area contributed by atoms with Gasteiger partial charge in [-0.2, -0.15) is 0 Å². The molecule has 0 atom stereocenters. The van der Waals surface area contributed by atoms with Gasteiger partial charge in [0, 0.05) is 22.9 Å². The van der Waals surface area contributed by atoms with Crippen molar-refractivity contribution in [3.63, 3.8) is 0 Å². The molecule has 0 bridgehead atoms. The van der Waals surface area contributed by atoms with Crippen molar-refractivity contribution >= 4 is 53.8 Å². The van der Waals surface area contributed by atoms with Crippen molar-refractivity contribution < 1.29 is 19.0 Å². The van der Waals surface area contributed by atoms with Gasteiger partial charge in [-0.3, -0.25) is 0 Å². The molecule has 0 aliphatic carbocycles. The van der Waals surface area contributed by atoms with Crippen LogP contribution in [0.1, 0.15) is 30.9 Å². The van der Waals surface area contributed by atoms with Crippen LogP contribution in [-0.2, 0) is 14.3 Å². The highest BCUT2D eigenvalue weighted by atomic mass is 79.9. The predicted octanol–water partition coefficient (Wildman–Crippen LogP) is 6.91. The lowest BCUT2D eigenvalue weighted by Gasteiger charge is -2.17. The van der Waals surface area contributed by atoms with Gasteiger partial charge in [-0.1, -0.05) is 19.7 Å². The molecule has 0 saturated carbocycles. The van der Waals surface area contributed by atoms with Crippen LogP contribution in [0.2, 0.25) is 0 Å². The van der Waals surface area contributed by atoms with E-state index in [1.165, 1.54) is 0 Å². The molecule has 0 amide bonds. The maximum Gasteiger partial charge on any atom is 0.333 e. The highest BCUT2D eigenvalue weighted by Gasteiger charge is 2.18. The number of allylic oxidation sites excluding steroid dienone is 2. The number of carbonyl (C=O) groups is 1. The first-order valence-corrected chi connectivity index (χ1v) is 10.6. The Hall–Kier alpha value is -1.05.